The predicted octanol–water partition coefficient (Wildman–Crippen LogP) is 3.87. The van der Waals surface area contributed by atoms with Crippen molar-refractivity contribution in [3.05, 3.63) is 82.9 Å². The number of likely N-dealkylation sites (N-methyl/N-ethyl adjacent to an activating group) is 1. The van der Waals surface area contributed by atoms with Crippen LogP contribution >= 0.6 is 11.6 Å². The molecule has 2 saturated heterocycles. The smallest absolute Gasteiger partial charge is 0.255 e. The van der Waals surface area contributed by atoms with E-state index < -0.39 is 34.9 Å². The van der Waals surface area contributed by atoms with Gasteiger partial charge < -0.3 is 34.8 Å². The SMILES string of the molecule is C=CC(=O)N1CCN(c2nc(NCCC(=O)N(C)CCOc3ccc4c(c3)CN([C@@H]3CCC(=O)NC3=O)C4=O)nc3c(F)c(-c4c(O)cccc4F)c(Cl)cc23)CC1. The van der Waals surface area contributed by atoms with Crippen molar-refractivity contribution < 1.29 is 42.6 Å². The molecule has 0 bridgehead atoms. The van der Waals surface area contributed by atoms with E-state index in [1.165, 1.54) is 34.1 Å². The summed E-state index contributed by atoms with van der Waals surface area (Å²) in [4.78, 5) is 77.7. The molecule has 4 aromatic rings. The minimum atomic E-state index is -0.979. The molecule has 7 rings (SSSR count). The Bertz CT molecular complexity index is 2340. The standard InChI is InChI=1S/C40H39ClF2N8O7/c1-3-31(54)49-13-15-50(16-14-49)37-25-20-26(41)33(34-27(42)5-4-6-29(34)52)35(43)36(25)46-40(47-37)44-12-11-32(55)48(2)17-18-58-23-7-8-24-22(19-23)21-51(39(24)57)28-9-10-30(53)45-38(28)56/h3-8,19-20,28,52H,1,9-18,21H2,2H3,(H,44,46,47)(H,45,53,56)/t28-/m1/s1. The number of phenolic OH excluding ortho intramolecular Hbond substituents is 1. The van der Waals surface area contributed by atoms with Gasteiger partial charge in [-0.05, 0) is 54.5 Å². The topological polar surface area (TPSA) is 178 Å². The van der Waals surface area contributed by atoms with Gasteiger partial charge in [0.15, 0.2) is 5.82 Å². The second-order valence-electron chi connectivity index (χ2n) is 14.0. The molecule has 302 valence electrons. The lowest BCUT2D eigenvalue weighted by Crippen LogP contribution is -2.52. The zero-order valence-corrected chi connectivity index (χ0v) is 32.2. The molecule has 3 aliphatic rings. The van der Waals surface area contributed by atoms with Crippen LogP contribution < -0.4 is 20.3 Å². The van der Waals surface area contributed by atoms with E-state index in [-0.39, 0.29) is 96.6 Å². The molecule has 3 aromatic carbocycles. The lowest BCUT2D eigenvalue weighted by Gasteiger charge is -2.35. The number of carbonyl (C=O) groups excluding carboxylic acids is 5. The van der Waals surface area contributed by atoms with Gasteiger partial charge in [-0.2, -0.15) is 4.98 Å². The van der Waals surface area contributed by atoms with E-state index >= 15 is 4.39 Å². The van der Waals surface area contributed by atoms with Crippen molar-refractivity contribution in [3.8, 4) is 22.6 Å². The van der Waals surface area contributed by atoms with Gasteiger partial charge in [-0.15, -0.1) is 0 Å². The minimum Gasteiger partial charge on any atom is -0.507 e. The van der Waals surface area contributed by atoms with E-state index in [4.69, 9.17) is 16.3 Å². The van der Waals surface area contributed by atoms with Gasteiger partial charge in [0.25, 0.3) is 5.91 Å². The summed E-state index contributed by atoms with van der Waals surface area (Å²) in [5, 5.41) is 15.8. The van der Waals surface area contributed by atoms with Crippen molar-refractivity contribution in [2.24, 2.45) is 0 Å². The molecule has 0 radical (unpaired) electrons. The van der Waals surface area contributed by atoms with Crippen LogP contribution in [-0.4, -0.2) is 118 Å². The van der Waals surface area contributed by atoms with Crippen LogP contribution in [0.2, 0.25) is 5.02 Å². The molecule has 3 aliphatic heterocycles. The average molecular weight is 817 g/mol. The number of hydrogen-bond donors (Lipinski definition) is 3. The molecular formula is C40H39ClF2N8O7. The van der Waals surface area contributed by atoms with Gasteiger partial charge >= 0.3 is 0 Å². The lowest BCUT2D eigenvalue weighted by molar-refractivity contribution is -0.137. The fourth-order valence-electron chi connectivity index (χ4n) is 7.29. The summed E-state index contributed by atoms with van der Waals surface area (Å²) >= 11 is 6.55. The molecular weight excluding hydrogens is 778 g/mol. The maximum absolute atomic E-state index is 16.4. The molecule has 1 atom stereocenters. The number of aromatic nitrogens is 2. The number of carbonyl (C=O) groups is 5. The number of fused-ring (bicyclic) bond motifs is 2. The van der Waals surface area contributed by atoms with Crippen molar-refractivity contribution in [1.82, 2.24) is 30.0 Å². The van der Waals surface area contributed by atoms with Crippen LogP contribution in [0, 0.1) is 11.6 Å². The number of aromatic hydroxyl groups is 1. The highest BCUT2D eigenvalue weighted by Gasteiger charge is 2.39. The summed E-state index contributed by atoms with van der Waals surface area (Å²) < 4.78 is 37.3. The van der Waals surface area contributed by atoms with Crippen molar-refractivity contribution in [3.63, 3.8) is 0 Å². The first-order chi connectivity index (χ1) is 27.8. The third kappa shape index (κ3) is 7.94. The largest absolute Gasteiger partial charge is 0.507 e. The summed E-state index contributed by atoms with van der Waals surface area (Å²) in [6.45, 7) is 5.56. The molecule has 15 nitrogen and oxygen atoms in total. The van der Waals surface area contributed by atoms with Gasteiger partial charge in [-0.1, -0.05) is 24.2 Å². The monoisotopic (exact) mass is 816 g/mol. The minimum absolute atomic E-state index is 0.00412. The maximum Gasteiger partial charge on any atom is 0.255 e. The zero-order chi connectivity index (χ0) is 41.2. The predicted molar refractivity (Wildman–Crippen MR) is 209 cm³/mol. The zero-order valence-electron chi connectivity index (χ0n) is 31.4. The first-order valence-corrected chi connectivity index (χ1v) is 18.9. The van der Waals surface area contributed by atoms with Gasteiger partial charge in [-0.25, -0.2) is 13.8 Å². The Morgan fingerprint density at radius 3 is 2.60 bits per heavy atom. The fraction of sp³-hybridized carbons (Fsp3) is 0.325. The molecule has 0 saturated carbocycles. The van der Waals surface area contributed by atoms with Gasteiger partial charge in [-0.3, -0.25) is 29.3 Å². The Kier molecular flexibility index (Phi) is 11.4. The number of hydrogen-bond acceptors (Lipinski definition) is 11. The number of imide groups is 1. The molecule has 1 aromatic heterocycles. The van der Waals surface area contributed by atoms with E-state index in [1.807, 2.05) is 4.90 Å². The van der Waals surface area contributed by atoms with Crippen LogP contribution in [0.4, 0.5) is 20.5 Å². The fourth-order valence-corrected chi connectivity index (χ4v) is 7.58. The number of piperazine rings is 1. The highest BCUT2D eigenvalue weighted by atomic mass is 35.5. The Morgan fingerprint density at radius 1 is 1.10 bits per heavy atom. The molecule has 18 heteroatoms. The highest BCUT2D eigenvalue weighted by molar-refractivity contribution is 6.34. The second kappa shape index (κ2) is 16.6. The molecule has 4 heterocycles. The van der Waals surface area contributed by atoms with E-state index in [0.717, 1.165) is 6.07 Å². The summed E-state index contributed by atoms with van der Waals surface area (Å²) in [6, 6.07) is 9.28. The van der Waals surface area contributed by atoms with E-state index in [0.29, 0.717) is 48.9 Å². The number of phenols is 1. The van der Waals surface area contributed by atoms with E-state index in [2.05, 4.69) is 27.2 Å². The number of amides is 5. The number of piperidine rings is 1. The Hall–Kier alpha value is -6.36. The summed E-state index contributed by atoms with van der Waals surface area (Å²) in [5.74, 6) is -3.19. The van der Waals surface area contributed by atoms with Crippen LogP contribution in [0.1, 0.15) is 35.2 Å². The average Bonchev–Trinajstić information content (AvgIpc) is 3.53. The molecule has 3 N–H and O–H groups in total. The van der Waals surface area contributed by atoms with Gasteiger partial charge in [0.1, 0.15) is 41.3 Å². The third-order valence-electron chi connectivity index (χ3n) is 10.4. The summed E-state index contributed by atoms with van der Waals surface area (Å²) in [6.07, 6.45) is 1.66. The molecule has 5 amide bonds. The molecule has 0 spiro atoms. The molecule has 0 aliphatic carbocycles. The molecule has 0 unspecified atom stereocenters. The second-order valence-corrected chi connectivity index (χ2v) is 14.4. The normalized spacial score (nSPS) is 16.7. The van der Waals surface area contributed by atoms with Crippen LogP contribution in [0.15, 0.2) is 55.1 Å². The van der Waals surface area contributed by atoms with Crippen molar-refractivity contribution >= 4 is 63.8 Å². The maximum atomic E-state index is 16.4. The number of halogens is 3. The van der Waals surface area contributed by atoms with Crippen LogP contribution in [0.25, 0.3) is 22.0 Å². The van der Waals surface area contributed by atoms with E-state index in [9.17, 15) is 33.5 Å². The van der Waals surface area contributed by atoms with Gasteiger partial charge in [0.05, 0.1) is 17.1 Å². The van der Waals surface area contributed by atoms with Crippen LogP contribution in [0.5, 0.6) is 11.5 Å². The van der Waals surface area contributed by atoms with Crippen molar-refractivity contribution in [1.29, 1.82) is 0 Å². The van der Waals surface area contributed by atoms with Crippen LogP contribution in [0.3, 0.4) is 0 Å². The number of ether oxygens (including phenoxy) is 1. The summed E-state index contributed by atoms with van der Waals surface area (Å²) in [5.41, 5.74) is 0.163. The van der Waals surface area contributed by atoms with Gasteiger partial charge in [0, 0.05) is 75.7 Å². The quantitative estimate of drug-likeness (QED) is 0.140. The number of anilines is 2. The highest BCUT2D eigenvalue weighted by Crippen LogP contribution is 2.42. The Labute approximate surface area is 336 Å². The number of rotatable bonds is 12. The Morgan fingerprint density at radius 2 is 1.88 bits per heavy atom. The van der Waals surface area contributed by atoms with Gasteiger partial charge in [0.2, 0.25) is 29.6 Å². The number of nitrogens with one attached hydrogen (secondary N) is 2. The number of benzene rings is 3. The van der Waals surface area contributed by atoms with Crippen LogP contribution in [-0.2, 0) is 25.7 Å². The Balaban J connectivity index is 1.01. The molecule has 2 fully saturated rings. The first kappa shape index (κ1) is 39.9. The van der Waals surface area contributed by atoms with Crippen molar-refractivity contribution in [2.75, 3.05) is 63.1 Å². The third-order valence-corrected chi connectivity index (χ3v) is 10.7. The van der Waals surface area contributed by atoms with E-state index in [1.54, 1.807) is 30.1 Å². The molecule has 58 heavy (non-hydrogen) atoms. The van der Waals surface area contributed by atoms with Crippen molar-refractivity contribution in [2.45, 2.75) is 31.8 Å². The first-order valence-electron chi connectivity index (χ1n) is 18.6. The lowest BCUT2D eigenvalue weighted by atomic mass is 10.0. The summed E-state index contributed by atoms with van der Waals surface area (Å²) in [7, 11) is 1.62. The number of nitrogens with zero attached hydrogens (tertiary/aromatic N) is 6.